The van der Waals surface area contributed by atoms with Gasteiger partial charge in [0.15, 0.2) is 11.6 Å². The summed E-state index contributed by atoms with van der Waals surface area (Å²) < 4.78 is 21.9. The second kappa shape index (κ2) is 5.77. The Morgan fingerprint density at radius 3 is 3.00 bits per heavy atom. The first kappa shape index (κ1) is 13.9. The number of hydrogen-bond donors (Lipinski definition) is 0. The summed E-state index contributed by atoms with van der Waals surface area (Å²) in [6.07, 6.45) is 5.56. The van der Waals surface area contributed by atoms with E-state index in [1.54, 1.807) is 10.9 Å². The van der Waals surface area contributed by atoms with Crippen LogP contribution in [0.25, 0.3) is 0 Å². The summed E-state index contributed by atoms with van der Waals surface area (Å²) in [6.45, 7) is 3.59. The van der Waals surface area contributed by atoms with Crippen LogP contribution >= 0.6 is 0 Å². The van der Waals surface area contributed by atoms with E-state index < -0.39 is 0 Å². The summed E-state index contributed by atoms with van der Waals surface area (Å²) in [6, 6.07) is 0. The SMILES string of the molecule is CCc1ncnc(N2CCOC(c3cnn(C)c3)C2)c1F. The van der Waals surface area contributed by atoms with Gasteiger partial charge in [-0.15, -0.1) is 0 Å². The summed E-state index contributed by atoms with van der Waals surface area (Å²) in [5, 5.41) is 4.15. The third-order valence-corrected chi connectivity index (χ3v) is 3.64. The highest BCUT2D eigenvalue weighted by atomic mass is 19.1. The molecule has 1 saturated heterocycles. The number of rotatable bonds is 3. The molecule has 2 aromatic heterocycles. The molecular formula is C14H18FN5O. The van der Waals surface area contributed by atoms with Crippen LogP contribution in [0.5, 0.6) is 0 Å². The second-order valence-corrected chi connectivity index (χ2v) is 5.06. The molecule has 0 aliphatic carbocycles. The molecule has 21 heavy (non-hydrogen) atoms. The highest BCUT2D eigenvalue weighted by molar-refractivity contribution is 5.42. The third kappa shape index (κ3) is 2.73. The minimum absolute atomic E-state index is 0.119. The zero-order chi connectivity index (χ0) is 14.8. The highest BCUT2D eigenvalue weighted by Crippen LogP contribution is 2.26. The lowest BCUT2D eigenvalue weighted by Gasteiger charge is -2.33. The highest BCUT2D eigenvalue weighted by Gasteiger charge is 2.26. The Balaban J connectivity index is 1.83. The van der Waals surface area contributed by atoms with E-state index in [1.807, 2.05) is 25.1 Å². The van der Waals surface area contributed by atoms with E-state index >= 15 is 0 Å². The zero-order valence-electron chi connectivity index (χ0n) is 12.2. The van der Waals surface area contributed by atoms with Crippen LogP contribution in [0.15, 0.2) is 18.7 Å². The molecule has 1 unspecified atom stereocenters. The molecule has 0 saturated carbocycles. The Morgan fingerprint density at radius 2 is 2.29 bits per heavy atom. The number of aromatic nitrogens is 4. The fourth-order valence-electron chi connectivity index (χ4n) is 2.51. The molecule has 0 radical (unpaired) electrons. The fraction of sp³-hybridized carbons (Fsp3) is 0.500. The molecular weight excluding hydrogens is 273 g/mol. The van der Waals surface area contributed by atoms with Crippen molar-refractivity contribution in [1.82, 2.24) is 19.7 Å². The summed E-state index contributed by atoms with van der Waals surface area (Å²) in [4.78, 5) is 10.00. The number of ether oxygens (including phenoxy) is 1. The third-order valence-electron chi connectivity index (χ3n) is 3.64. The van der Waals surface area contributed by atoms with Gasteiger partial charge in [-0.25, -0.2) is 14.4 Å². The van der Waals surface area contributed by atoms with Gasteiger partial charge in [-0.1, -0.05) is 6.92 Å². The Hall–Kier alpha value is -2.02. The number of nitrogens with zero attached hydrogens (tertiary/aromatic N) is 5. The van der Waals surface area contributed by atoms with Crippen molar-refractivity contribution in [3.63, 3.8) is 0 Å². The van der Waals surface area contributed by atoms with Crippen LogP contribution in [0.1, 0.15) is 24.3 Å². The summed E-state index contributed by atoms with van der Waals surface area (Å²) >= 11 is 0. The monoisotopic (exact) mass is 291 g/mol. The van der Waals surface area contributed by atoms with Crippen molar-refractivity contribution in [2.24, 2.45) is 7.05 Å². The van der Waals surface area contributed by atoms with Gasteiger partial charge in [0.05, 0.1) is 25.0 Å². The van der Waals surface area contributed by atoms with Gasteiger partial charge in [0.1, 0.15) is 12.4 Å². The van der Waals surface area contributed by atoms with Gasteiger partial charge in [-0.3, -0.25) is 4.68 Å². The number of aryl methyl sites for hydroxylation is 2. The first-order valence-corrected chi connectivity index (χ1v) is 7.03. The van der Waals surface area contributed by atoms with Crippen LogP contribution in [-0.4, -0.2) is 39.4 Å². The first-order valence-electron chi connectivity index (χ1n) is 7.03. The molecule has 7 heteroatoms. The van der Waals surface area contributed by atoms with Gasteiger partial charge in [-0.05, 0) is 6.42 Å². The lowest BCUT2D eigenvalue weighted by Crippen LogP contribution is -2.39. The Labute approximate surface area is 122 Å². The average Bonchev–Trinajstić information content (AvgIpc) is 2.94. The molecule has 3 heterocycles. The van der Waals surface area contributed by atoms with E-state index in [2.05, 4.69) is 15.1 Å². The molecule has 1 atom stereocenters. The van der Waals surface area contributed by atoms with Crippen molar-refractivity contribution in [2.45, 2.75) is 19.4 Å². The smallest absolute Gasteiger partial charge is 0.187 e. The van der Waals surface area contributed by atoms with E-state index in [1.165, 1.54) is 6.33 Å². The largest absolute Gasteiger partial charge is 0.370 e. The normalized spacial score (nSPS) is 19.0. The van der Waals surface area contributed by atoms with Crippen molar-refractivity contribution >= 4 is 5.82 Å². The number of anilines is 1. The molecule has 3 rings (SSSR count). The quantitative estimate of drug-likeness (QED) is 0.857. The Kier molecular flexibility index (Phi) is 3.83. The van der Waals surface area contributed by atoms with Crippen LogP contribution in [0.3, 0.4) is 0 Å². The van der Waals surface area contributed by atoms with Gasteiger partial charge in [-0.2, -0.15) is 5.10 Å². The zero-order valence-corrected chi connectivity index (χ0v) is 12.2. The molecule has 1 aliphatic heterocycles. The van der Waals surface area contributed by atoms with Crippen LogP contribution in [0.4, 0.5) is 10.2 Å². The lowest BCUT2D eigenvalue weighted by atomic mass is 10.1. The molecule has 6 nitrogen and oxygen atoms in total. The minimum Gasteiger partial charge on any atom is -0.370 e. The molecule has 1 fully saturated rings. The van der Waals surface area contributed by atoms with Crippen molar-refractivity contribution in [3.05, 3.63) is 35.8 Å². The van der Waals surface area contributed by atoms with Crippen LogP contribution in [0, 0.1) is 5.82 Å². The molecule has 0 spiro atoms. The number of hydrogen-bond acceptors (Lipinski definition) is 5. The van der Waals surface area contributed by atoms with Gasteiger partial charge in [0.25, 0.3) is 0 Å². The maximum absolute atomic E-state index is 14.4. The van der Waals surface area contributed by atoms with Gasteiger partial charge in [0, 0.05) is 25.4 Å². The van der Waals surface area contributed by atoms with Crippen LogP contribution in [0.2, 0.25) is 0 Å². The summed E-state index contributed by atoms with van der Waals surface area (Å²) in [7, 11) is 1.86. The molecule has 2 aromatic rings. The van der Waals surface area contributed by atoms with E-state index in [4.69, 9.17) is 4.74 Å². The average molecular weight is 291 g/mol. The van der Waals surface area contributed by atoms with Gasteiger partial charge >= 0.3 is 0 Å². The topological polar surface area (TPSA) is 56.1 Å². The molecule has 0 N–H and O–H groups in total. The van der Waals surface area contributed by atoms with Crippen LogP contribution < -0.4 is 4.90 Å². The van der Waals surface area contributed by atoms with E-state index in [-0.39, 0.29) is 11.9 Å². The minimum atomic E-state index is -0.327. The van der Waals surface area contributed by atoms with Crippen LogP contribution in [-0.2, 0) is 18.2 Å². The van der Waals surface area contributed by atoms with Crippen molar-refractivity contribution in [2.75, 3.05) is 24.6 Å². The molecule has 0 amide bonds. The lowest BCUT2D eigenvalue weighted by molar-refractivity contribution is 0.0392. The van der Waals surface area contributed by atoms with Gasteiger partial charge < -0.3 is 9.64 Å². The second-order valence-electron chi connectivity index (χ2n) is 5.06. The maximum Gasteiger partial charge on any atom is 0.187 e. The van der Waals surface area contributed by atoms with E-state index in [9.17, 15) is 4.39 Å². The van der Waals surface area contributed by atoms with E-state index in [0.717, 1.165) is 5.56 Å². The fourth-order valence-corrected chi connectivity index (χ4v) is 2.51. The molecule has 0 aromatic carbocycles. The predicted octanol–water partition coefficient (Wildman–Crippen LogP) is 1.49. The summed E-state index contributed by atoms with van der Waals surface area (Å²) in [5.41, 5.74) is 1.44. The van der Waals surface area contributed by atoms with E-state index in [0.29, 0.717) is 37.6 Å². The predicted molar refractivity (Wildman–Crippen MR) is 75.5 cm³/mol. The maximum atomic E-state index is 14.4. The standard InChI is InChI=1S/C14H18FN5O/c1-3-11-13(15)14(17-9-16-11)20-4-5-21-12(8-20)10-6-18-19(2)7-10/h6-7,9,12H,3-5,8H2,1-2H3. The number of morpholine rings is 1. The van der Waals surface area contributed by atoms with Crippen molar-refractivity contribution in [1.29, 1.82) is 0 Å². The Morgan fingerprint density at radius 1 is 1.43 bits per heavy atom. The molecule has 1 aliphatic rings. The Bertz CT molecular complexity index is 630. The molecule has 0 bridgehead atoms. The van der Waals surface area contributed by atoms with Gasteiger partial charge in [0.2, 0.25) is 0 Å². The first-order chi connectivity index (χ1) is 10.2. The molecule has 112 valence electrons. The van der Waals surface area contributed by atoms with Crippen molar-refractivity contribution < 1.29 is 9.13 Å². The van der Waals surface area contributed by atoms with Crippen molar-refractivity contribution in [3.8, 4) is 0 Å². The summed E-state index contributed by atoms with van der Waals surface area (Å²) in [5.74, 6) is 0.0332. The number of halogens is 1.